The Morgan fingerprint density at radius 1 is 1.46 bits per heavy atom. The summed E-state index contributed by atoms with van der Waals surface area (Å²) in [5.74, 6) is -0.602. The maximum Gasteiger partial charge on any atom is 0.331 e. The Morgan fingerprint density at radius 2 is 2.00 bits per heavy atom. The van der Waals surface area contributed by atoms with Crippen molar-refractivity contribution in [2.24, 2.45) is 0 Å². The van der Waals surface area contributed by atoms with E-state index in [2.05, 4.69) is 4.74 Å². The topological polar surface area (TPSA) is 46.5 Å². The Kier molecular flexibility index (Phi) is 6.96. The van der Waals surface area contributed by atoms with Crippen molar-refractivity contribution in [2.45, 2.75) is 0 Å². The highest BCUT2D eigenvalue weighted by Gasteiger charge is 1.89. The van der Waals surface area contributed by atoms with Gasteiger partial charge in [0.25, 0.3) is 0 Å². The van der Waals surface area contributed by atoms with E-state index in [1.165, 1.54) is 7.11 Å². The first kappa shape index (κ1) is 11.9. The average molecular weight is 203 g/mol. The zero-order valence-corrected chi connectivity index (χ0v) is 7.99. The highest BCUT2D eigenvalue weighted by atomic mass is 35.5. The number of aliphatic hydroxyl groups is 1. The summed E-state index contributed by atoms with van der Waals surface area (Å²) in [5.41, 5.74) is 0. The van der Waals surface area contributed by atoms with Crippen molar-refractivity contribution in [3.8, 4) is 0 Å². The molecule has 0 saturated carbocycles. The molecule has 13 heavy (non-hydrogen) atoms. The van der Waals surface area contributed by atoms with Gasteiger partial charge in [-0.2, -0.15) is 0 Å². The molecule has 1 rings (SSSR count). The number of hydrogen-bond acceptors (Lipinski definition) is 3. The van der Waals surface area contributed by atoms with Crippen molar-refractivity contribution in [1.29, 1.82) is 0 Å². The molecule has 0 radical (unpaired) electrons. The number of hydrogen-bond donors (Lipinski definition) is 1. The van der Waals surface area contributed by atoms with Gasteiger partial charge < -0.3 is 9.84 Å². The minimum absolute atomic E-state index is 0.531. The number of methoxy groups -OCH3 is 1. The predicted octanol–water partition coefficient (Wildman–Crippen LogP) is 1.49. The van der Waals surface area contributed by atoms with Gasteiger partial charge in [-0.25, -0.2) is 4.79 Å². The molecule has 0 aliphatic rings. The fraction of sp³-hybridized carbons (Fsp3) is 0.222. The van der Waals surface area contributed by atoms with Crippen molar-refractivity contribution < 1.29 is 14.6 Å². The van der Waals surface area contributed by atoms with Gasteiger partial charge in [-0.3, -0.25) is 0 Å². The van der Waals surface area contributed by atoms with Crippen LogP contribution in [0.25, 0.3) is 0 Å². The highest BCUT2D eigenvalue weighted by Crippen LogP contribution is 2.03. The van der Waals surface area contributed by atoms with Gasteiger partial charge in [0.2, 0.25) is 0 Å². The zero-order valence-electron chi connectivity index (χ0n) is 7.24. The monoisotopic (exact) mass is 202 g/mol. The maximum atomic E-state index is 9.71. The standard InChI is InChI=1S/C6H5Cl.C3H6O3/c7-6-4-2-1-3-5-6;1-6-3(5)2-4/h1-5H;4H,2H2,1H3. The molecule has 0 aliphatic heterocycles. The number of aliphatic hydroxyl groups excluding tert-OH is 1. The molecule has 0 spiro atoms. The number of carbonyl (C=O) groups is 1. The van der Waals surface area contributed by atoms with Gasteiger partial charge in [-0.05, 0) is 12.1 Å². The van der Waals surface area contributed by atoms with Gasteiger partial charge in [0.05, 0.1) is 7.11 Å². The van der Waals surface area contributed by atoms with Crippen LogP contribution >= 0.6 is 11.6 Å². The largest absolute Gasteiger partial charge is 0.467 e. The van der Waals surface area contributed by atoms with Crippen LogP contribution in [0, 0.1) is 0 Å². The van der Waals surface area contributed by atoms with Gasteiger partial charge >= 0.3 is 5.97 Å². The molecule has 0 heterocycles. The van der Waals surface area contributed by atoms with Crippen LogP contribution < -0.4 is 0 Å². The Morgan fingerprint density at radius 3 is 2.15 bits per heavy atom. The molecule has 4 heteroatoms. The Bertz CT molecular complexity index is 230. The number of benzene rings is 1. The molecule has 0 aromatic heterocycles. The molecule has 1 aromatic carbocycles. The Labute approximate surface area is 81.9 Å². The summed E-state index contributed by atoms with van der Waals surface area (Å²) in [4.78, 5) is 9.71. The van der Waals surface area contributed by atoms with Crippen molar-refractivity contribution in [3.05, 3.63) is 35.4 Å². The molecule has 0 aliphatic carbocycles. The number of halogens is 1. The van der Waals surface area contributed by atoms with Crippen molar-refractivity contribution in [2.75, 3.05) is 13.7 Å². The van der Waals surface area contributed by atoms with E-state index in [-0.39, 0.29) is 0 Å². The molecule has 0 bridgehead atoms. The van der Waals surface area contributed by atoms with Crippen LogP contribution in [0.3, 0.4) is 0 Å². The van der Waals surface area contributed by atoms with Gasteiger partial charge in [0, 0.05) is 5.02 Å². The number of rotatable bonds is 1. The SMILES string of the molecule is COC(=O)CO.Clc1ccccc1. The van der Waals surface area contributed by atoms with E-state index in [4.69, 9.17) is 16.7 Å². The lowest BCUT2D eigenvalue weighted by molar-refractivity contribution is -0.143. The number of ether oxygens (including phenoxy) is 1. The summed E-state index contributed by atoms with van der Waals surface area (Å²) in [6, 6.07) is 9.44. The quantitative estimate of drug-likeness (QED) is 0.702. The maximum absolute atomic E-state index is 9.71. The highest BCUT2D eigenvalue weighted by molar-refractivity contribution is 6.30. The van der Waals surface area contributed by atoms with E-state index in [9.17, 15) is 4.79 Å². The van der Waals surface area contributed by atoms with Gasteiger partial charge in [-0.15, -0.1) is 0 Å². The second-order valence-corrected chi connectivity index (χ2v) is 2.47. The van der Waals surface area contributed by atoms with Crippen LogP contribution in [0.2, 0.25) is 5.02 Å². The van der Waals surface area contributed by atoms with Crippen LogP contribution in [-0.2, 0) is 9.53 Å². The number of carbonyl (C=O) groups excluding carboxylic acids is 1. The summed E-state index contributed by atoms with van der Waals surface area (Å²) in [6.07, 6.45) is 0. The predicted molar refractivity (Wildman–Crippen MR) is 50.6 cm³/mol. The van der Waals surface area contributed by atoms with E-state index >= 15 is 0 Å². The summed E-state index contributed by atoms with van der Waals surface area (Å²) >= 11 is 5.54. The van der Waals surface area contributed by atoms with E-state index in [0.717, 1.165) is 5.02 Å². The van der Waals surface area contributed by atoms with Crippen molar-refractivity contribution in [3.63, 3.8) is 0 Å². The summed E-state index contributed by atoms with van der Waals surface area (Å²) < 4.78 is 4.01. The molecule has 0 atom stereocenters. The first-order chi connectivity index (χ1) is 6.20. The van der Waals surface area contributed by atoms with Crippen LogP contribution in [-0.4, -0.2) is 24.8 Å². The zero-order chi connectivity index (χ0) is 10.1. The summed E-state index contributed by atoms with van der Waals surface area (Å²) in [7, 11) is 1.22. The Balaban J connectivity index is 0.000000226. The second kappa shape index (κ2) is 7.58. The van der Waals surface area contributed by atoms with Crippen molar-refractivity contribution >= 4 is 17.6 Å². The van der Waals surface area contributed by atoms with Crippen LogP contribution in [0.15, 0.2) is 30.3 Å². The normalized spacial score (nSPS) is 8.23. The lowest BCUT2D eigenvalue weighted by atomic mass is 10.4. The molecule has 0 unspecified atom stereocenters. The van der Waals surface area contributed by atoms with Crippen LogP contribution in [0.1, 0.15) is 0 Å². The van der Waals surface area contributed by atoms with E-state index < -0.39 is 12.6 Å². The lowest BCUT2D eigenvalue weighted by Gasteiger charge is -1.86. The minimum atomic E-state index is -0.602. The third kappa shape index (κ3) is 7.31. The molecule has 72 valence electrons. The molecular formula is C9H11ClO3. The first-order valence-electron chi connectivity index (χ1n) is 3.59. The average Bonchev–Trinajstić information content (AvgIpc) is 2.19. The minimum Gasteiger partial charge on any atom is -0.467 e. The molecular weight excluding hydrogens is 192 g/mol. The van der Waals surface area contributed by atoms with Gasteiger partial charge in [-0.1, -0.05) is 29.8 Å². The molecule has 1 N–H and O–H groups in total. The fourth-order valence-electron chi connectivity index (χ4n) is 0.479. The second-order valence-electron chi connectivity index (χ2n) is 2.03. The first-order valence-corrected chi connectivity index (χ1v) is 3.96. The smallest absolute Gasteiger partial charge is 0.331 e. The molecule has 0 amide bonds. The third-order valence-corrected chi connectivity index (χ3v) is 1.34. The van der Waals surface area contributed by atoms with Crippen LogP contribution in [0.4, 0.5) is 0 Å². The van der Waals surface area contributed by atoms with E-state index in [1.807, 2.05) is 30.3 Å². The molecule has 0 saturated heterocycles. The van der Waals surface area contributed by atoms with Crippen LogP contribution in [0.5, 0.6) is 0 Å². The Hall–Kier alpha value is -1.06. The molecule has 1 aromatic rings. The van der Waals surface area contributed by atoms with Gasteiger partial charge in [0.15, 0.2) is 0 Å². The molecule has 3 nitrogen and oxygen atoms in total. The van der Waals surface area contributed by atoms with Gasteiger partial charge in [0.1, 0.15) is 6.61 Å². The summed E-state index contributed by atoms with van der Waals surface area (Å²) in [6.45, 7) is -0.531. The lowest BCUT2D eigenvalue weighted by Crippen LogP contribution is -2.04. The van der Waals surface area contributed by atoms with Crippen molar-refractivity contribution in [1.82, 2.24) is 0 Å². The molecule has 0 fully saturated rings. The number of esters is 1. The fourth-order valence-corrected chi connectivity index (χ4v) is 0.625. The van der Waals surface area contributed by atoms with E-state index in [0.29, 0.717) is 0 Å². The summed E-state index contributed by atoms with van der Waals surface area (Å²) in [5, 5.41) is 8.65. The van der Waals surface area contributed by atoms with E-state index in [1.54, 1.807) is 0 Å². The third-order valence-electron chi connectivity index (χ3n) is 1.09.